The molecule has 1 aliphatic heterocycles. The maximum absolute atomic E-state index is 13.3. The first-order valence-electron chi connectivity index (χ1n) is 9.98. The first-order valence-corrected chi connectivity index (χ1v) is 9.98. The van der Waals surface area contributed by atoms with Gasteiger partial charge < -0.3 is 9.84 Å². The van der Waals surface area contributed by atoms with E-state index in [4.69, 9.17) is 4.74 Å². The molecule has 2 aromatic rings. The van der Waals surface area contributed by atoms with Crippen molar-refractivity contribution in [3.8, 4) is 5.69 Å². The van der Waals surface area contributed by atoms with Gasteiger partial charge in [0.1, 0.15) is 5.76 Å². The summed E-state index contributed by atoms with van der Waals surface area (Å²) in [6.07, 6.45) is 5.59. The van der Waals surface area contributed by atoms with E-state index in [2.05, 4.69) is 13.8 Å². The molecule has 2 aliphatic rings. The first kappa shape index (κ1) is 19.5. The minimum atomic E-state index is -0.457. The van der Waals surface area contributed by atoms with Crippen LogP contribution in [0.1, 0.15) is 46.2 Å². The second-order valence-electron chi connectivity index (χ2n) is 8.58. The molecule has 154 valence electrons. The molecular formula is C22H27N3O4. The van der Waals surface area contributed by atoms with Crippen LogP contribution in [0.15, 0.2) is 63.9 Å². The Kier molecular flexibility index (Phi) is 4.65. The molecule has 0 saturated heterocycles. The van der Waals surface area contributed by atoms with Crippen molar-refractivity contribution in [3.05, 3.63) is 75.3 Å². The number of fused-ring (bicyclic) bond motifs is 5. The maximum Gasteiger partial charge on any atom is 0.352 e. The van der Waals surface area contributed by atoms with Crippen LogP contribution in [-0.4, -0.2) is 31.2 Å². The van der Waals surface area contributed by atoms with Crippen molar-refractivity contribution in [3.63, 3.8) is 0 Å². The van der Waals surface area contributed by atoms with Crippen LogP contribution in [0.3, 0.4) is 0 Å². The number of rotatable bonds is 5. The predicted molar refractivity (Wildman–Crippen MR) is 110 cm³/mol. The van der Waals surface area contributed by atoms with Gasteiger partial charge in [-0.2, -0.15) is 0 Å². The molecule has 4 atom stereocenters. The number of ether oxygens (including phenoxy) is 1. The fraction of sp³-hybridized carbons (Fsp3) is 0.455. The number of allylic oxidation sites excluding steroid dienone is 3. The third-order valence-corrected chi connectivity index (χ3v) is 5.85. The number of nitrogens with zero attached hydrogens (tertiary/aromatic N) is 3. The summed E-state index contributed by atoms with van der Waals surface area (Å²) in [5.74, 6) is 0.650. The summed E-state index contributed by atoms with van der Waals surface area (Å²) >= 11 is 0. The fourth-order valence-corrected chi connectivity index (χ4v) is 4.43. The highest BCUT2D eigenvalue weighted by Crippen LogP contribution is 2.49. The molecule has 1 aromatic carbocycles. The van der Waals surface area contributed by atoms with Gasteiger partial charge in [-0.25, -0.2) is 23.5 Å². The molecule has 1 N–H and O–H groups in total. The molecule has 0 spiro atoms. The average molecular weight is 397 g/mol. The number of aliphatic hydroxyl groups excluding tert-OH is 1. The Labute approximate surface area is 169 Å². The topological polar surface area (TPSA) is 78.4 Å². The monoisotopic (exact) mass is 397 g/mol. The van der Waals surface area contributed by atoms with Crippen LogP contribution in [0, 0.1) is 5.41 Å². The van der Waals surface area contributed by atoms with Gasteiger partial charge in [-0.1, -0.05) is 38.1 Å². The fourth-order valence-electron chi connectivity index (χ4n) is 4.43. The van der Waals surface area contributed by atoms with Gasteiger partial charge >= 0.3 is 11.4 Å². The van der Waals surface area contributed by atoms with Crippen LogP contribution in [0.5, 0.6) is 0 Å². The lowest BCUT2D eigenvalue weighted by atomic mass is 9.79. The smallest absolute Gasteiger partial charge is 0.352 e. The zero-order valence-corrected chi connectivity index (χ0v) is 17.1. The van der Waals surface area contributed by atoms with E-state index in [1.807, 2.05) is 31.2 Å². The van der Waals surface area contributed by atoms with Gasteiger partial charge in [0.15, 0.2) is 0 Å². The highest BCUT2D eigenvalue weighted by Gasteiger charge is 2.49. The van der Waals surface area contributed by atoms with Crippen LogP contribution in [0.4, 0.5) is 0 Å². The summed E-state index contributed by atoms with van der Waals surface area (Å²) in [5.41, 5.74) is -0.513. The summed E-state index contributed by atoms with van der Waals surface area (Å²) in [5, 5.41) is 9.60. The Morgan fingerprint density at radius 3 is 2.31 bits per heavy atom. The molecule has 4 rings (SSSR count). The lowest BCUT2D eigenvalue weighted by molar-refractivity contribution is 0.0761. The highest BCUT2D eigenvalue weighted by molar-refractivity contribution is 5.32. The summed E-state index contributed by atoms with van der Waals surface area (Å²) in [6, 6.07) is 8.37. The van der Waals surface area contributed by atoms with Gasteiger partial charge in [-0.15, -0.1) is 0 Å². The molecule has 1 aromatic heterocycles. The maximum atomic E-state index is 13.3. The molecule has 0 amide bonds. The van der Waals surface area contributed by atoms with Crippen LogP contribution < -0.4 is 11.4 Å². The van der Waals surface area contributed by atoms with Gasteiger partial charge in [0.05, 0.1) is 30.0 Å². The van der Waals surface area contributed by atoms with E-state index in [1.165, 1.54) is 4.57 Å². The average Bonchev–Trinajstić information content (AvgIpc) is 2.94. The number of benzene rings is 1. The Bertz CT molecular complexity index is 1090. The molecule has 7 nitrogen and oxygen atoms in total. The van der Waals surface area contributed by atoms with Gasteiger partial charge in [-0.3, -0.25) is 0 Å². The van der Waals surface area contributed by atoms with Crippen LogP contribution in [0.2, 0.25) is 0 Å². The van der Waals surface area contributed by atoms with Crippen molar-refractivity contribution in [2.45, 2.75) is 58.4 Å². The second kappa shape index (κ2) is 6.91. The molecular weight excluding hydrogens is 370 g/mol. The zero-order chi connectivity index (χ0) is 20.9. The zero-order valence-electron chi connectivity index (χ0n) is 17.1. The summed E-state index contributed by atoms with van der Waals surface area (Å²) in [4.78, 5) is 26.5. The van der Waals surface area contributed by atoms with E-state index < -0.39 is 6.10 Å². The minimum absolute atomic E-state index is 0.168. The standard InChI is InChI=1S/C22H27N3O4/c1-14(26)12-15(2)29-17-10-11-18-22(3,4)19(13-17)25-21(28)23(20(27)24(18)25)16-8-6-5-7-9-16/h5-11,13-15,18-19,26H,12H2,1-4H3/t14-,15-,18-,19+/m1/s1. The third kappa shape index (κ3) is 3.09. The number of hydrogen-bond donors (Lipinski definition) is 1. The summed E-state index contributed by atoms with van der Waals surface area (Å²) in [6.45, 7) is 7.74. The van der Waals surface area contributed by atoms with Crippen LogP contribution in [0.25, 0.3) is 5.69 Å². The first-order chi connectivity index (χ1) is 13.7. The molecule has 0 radical (unpaired) electrons. The largest absolute Gasteiger partial charge is 0.491 e. The van der Waals surface area contributed by atoms with Gasteiger partial charge in [-0.05, 0) is 38.1 Å². The van der Waals surface area contributed by atoms with Gasteiger partial charge in [0.2, 0.25) is 0 Å². The van der Waals surface area contributed by atoms with Gasteiger partial charge in [0, 0.05) is 11.8 Å². The molecule has 2 bridgehead atoms. The quantitative estimate of drug-likeness (QED) is 0.841. The van der Waals surface area contributed by atoms with E-state index in [0.29, 0.717) is 17.9 Å². The Hall–Kier alpha value is -2.80. The highest BCUT2D eigenvalue weighted by atomic mass is 16.5. The van der Waals surface area contributed by atoms with E-state index in [0.717, 1.165) is 0 Å². The molecule has 29 heavy (non-hydrogen) atoms. The summed E-state index contributed by atoms with van der Waals surface area (Å²) in [7, 11) is 0. The molecule has 1 aliphatic carbocycles. The number of hydrogen-bond acceptors (Lipinski definition) is 4. The van der Waals surface area contributed by atoms with E-state index in [9.17, 15) is 14.7 Å². The Morgan fingerprint density at radius 1 is 1.07 bits per heavy atom. The van der Waals surface area contributed by atoms with Crippen LogP contribution >= 0.6 is 0 Å². The number of aromatic nitrogens is 3. The molecule has 2 heterocycles. The number of aliphatic hydroxyl groups is 1. The molecule has 0 fully saturated rings. The van der Waals surface area contributed by atoms with Crippen molar-refractivity contribution in [2.75, 3.05) is 0 Å². The van der Waals surface area contributed by atoms with Crippen molar-refractivity contribution >= 4 is 0 Å². The number of para-hydroxylation sites is 1. The molecule has 0 saturated carbocycles. The van der Waals surface area contributed by atoms with E-state index in [1.54, 1.807) is 40.6 Å². The van der Waals surface area contributed by atoms with E-state index in [-0.39, 0.29) is 35.0 Å². The van der Waals surface area contributed by atoms with Crippen LogP contribution in [-0.2, 0) is 4.74 Å². The normalized spacial score (nSPS) is 23.8. The Morgan fingerprint density at radius 2 is 1.69 bits per heavy atom. The predicted octanol–water partition coefficient (Wildman–Crippen LogP) is 2.55. The molecule has 0 unspecified atom stereocenters. The van der Waals surface area contributed by atoms with Crippen molar-refractivity contribution in [2.24, 2.45) is 5.41 Å². The molecule has 7 heteroatoms. The van der Waals surface area contributed by atoms with E-state index >= 15 is 0 Å². The summed E-state index contributed by atoms with van der Waals surface area (Å²) < 4.78 is 10.3. The Balaban J connectivity index is 1.81. The lowest BCUT2D eigenvalue weighted by Crippen LogP contribution is -2.34. The van der Waals surface area contributed by atoms with Crippen molar-refractivity contribution < 1.29 is 9.84 Å². The van der Waals surface area contributed by atoms with Crippen molar-refractivity contribution in [1.29, 1.82) is 0 Å². The van der Waals surface area contributed by atoms with Gasteiger partial charge in [0.25, 0.3) is 0 Å². The second-order valence-corrected chi connectivity index (χ2v) is 8.58. The SMILES string of the molecule is C[C@H](C[C@@H](C)O)OC1=C[C@@H]2n3c(=O)n(-c4ccccc4)c(=O)n3[C@H](C=C1)C2(C)C. The minimum Gasteiger partial charge on any atom is -0.491 e. The third-order valence-electron chi connectivity index (χ3n) is 5.85. The van der Waals surface area contributed by atoms with Crippen molar-refractivity contribution in [1.82, 2.24) is 13.9 Å². The lowest BCUT2D eigenvalue weighted by Gasteiger charge is -2.27.